The number of hydrogen-bond donors (Lipinski definition) is 3. The standard InChI is InChI=1S/C17H18N2O2/c20-17(21)14-7-3-4-8-15(14)19-16-9-10-18-11-12-5-1-2-6-13(12)16/h1-8,16,18-19H,9-11H2,(H,20,21). The number of para-hydroxylation sites is 1. The van der Waals surface area contributed by atoms with E-state index in [0.717, 1.165) is 19.5 Å². The third-order valence-electron chi connectivity index (χ3n) is 3.84. The van der Waals surface area contributed by atoms with Crippen molar-refractivity contribution in [2.24, 2.45) is 0 Å². The Bertz CT molecular complexity index is 655. The van der Waals surface area contributed by atoms with Crippen LogP contribution >= 0.6 is 0 Å². The van der Waals surface area contributed by atoms with Gasteiger partial charge in [0.2, 0.25) is 0 Å². The molecule has 1 aliphatic rings. The highest BCUT2D eigenvalue weighted by Gasteiger charge is 2.19. The molecule has 0 amide bonds. The average Bonchev–Trinajstić information content (AvgIpc) is 2.70. The summed E-state index contributed by atoms with van der Waals surface area (Å²) < 4.78 is 0. The number of carboxylic acids is 1. The lowest BCUT2D eigenvalue weighted by atomic mass is 9.98. The Hall–Kier alpha value is -2.33. The molecule has 0 aliphatic carbocycles. The van der Waals surface area contributed by atoms with Crippen LogP contribution in [0.15, 0.2) is 48.5 Å². The van der Waals surface area contributed by atoms with Crippen LogP contribution in [0.5, 0.6) is 0 Å². The van der Waals surface area contributed by atoms with Crippen molar-refractivity contribution in [3.63, 3.8) is 0 Å². The number of aromatic carboxylic acids is 1. The van der Waals surface area contributed by atoms with E-state index in [2.05, 4.69) is 22.8 Å². The molecule has 0 spiro atoms. The fourth-order valence-corrected chi connectivity index (χ4v) is 2.79. The van der Waals surface area contributed by atoms with Crippen LogP contribution in [0.3, 0.4) is 0 Å². The Morgan fingerprint density at radius 2 is 1.90 bits per heavy atom. The van der Waals surface area contributed by atoms with Crippen molar-refractivity contribution in [2.45, 2.75) is 19.0 Å². The van der Waals surface area contributed by atoms with E-state index in [4.69, 9.17) is 0 Å². The van der Waals surface area contributed by atoms with Gasteiger partial charge in [0.05, 0.1) is 11.6 Å². The maximum Gasteiger partial charge on any atom is 0.337 e. The summed E-state index contributed by atoms with van der Waals surface area (Å²) in [5.41, 5.74) is 3.49. The van der Waals surface area contributed by atoms with Gasteiger partial charge in [0.25, 0.3) is 0 Å². The summed E-state index contributed by atoms with van der Waals surface area (Å²) in [7, 11) is 0. The molecular formula is C17H18N2O2. The maximum absolute atomic E-state index is 11.3. The van der Waals surface area contributed by atoms with Gasteiger partial charge in [-0.25, -0.2) is 4.79 Å². The monoisotopic (exact) mass is 282 g/mol. The van der Waals surface area contributed by atoms with Crippen LogP contribution < -0.4 is 10.6 Å². The first-order chi connectivity index (χ1) is 10.3. The predicted octanol–water partition coefficient (Wildman–Crippen LogP) is 3.03. The van der Waals surface area contributed by atoms with Gasteiger partial charge in [-0.05, 0) is 36.2 Å². The van der Waals surface area contributed by atoms with Crippen LogP contribution in [0.1, 0.15) is 33.9 Å². The fourth-order valence-electron chi connectivity index (χ4n) is 2.79. The highest BCUT2D eigenvalue weighted by Crippen LogP contribution is 2.28. The largest absolute Gasteiger partial charge is 0.478 e. The minimum atomic E-state index is -0.905. The lowest BCUT2D eigenvalue weighted by molar-refractivity contribution is 0.0698. The number of fused-ring (bicyclic) bond motifs is 1. The van der Waals surface area contributed by atoms with Crippen molar-refractivity contribution in [3.8, 4) is 0 Å². The molecule has 2 aromatic rings. The SMILES string of the molecule is O=C(O)c1ccccc1NC1CCNCc2ccccc21. The van der Waals surface area contributed by atoms with Crippen molar-refractivity contribution in [3.05, 3.63) is 65.2 Å². The smallest absolute Gasteiger partial charge is 0.337 e. The summed E-state index contributed by atoms with van der Waals surface area (Å²) in [4.78, 5) is 11.3. The topological polar surface area (TPSA) is 61.4 Å². The lowest BCUT2D eigenvalue weighted by Crippen LogP contribution is -2.16. The minimum absolute atomic E-state index is 0.122. The van der Waals surface area contributed by atoms with Crippen LogP contribution in [0.25, 0.3) is 0 Å². The molecule has 0 aromatic heterocycles. The van der Waals surface area contributed by atoms with Gasteiger partial charge in [0, 0.05) is 12.2 Å². The summed E-state index contributed by atoms with van der Waals surface area (Å²) >= 11 is 0. The Morgan fingerprint density at radius 1 is 1.14 bits per heavy atom. The quantitative estimate of drug-likeness (QED) is 0.810. The number of nitrogens with one attached hydrogen (secondary N) is 2. The first kappa shape index (κ1) is 13.6. The highest BCUT2D eigenvalue weighted by molar-refractivity contribution is 5.94. The fraction of sp³-hybridized carbons (Fsp3) is 0.235. The molecule has 3 rings (SSSR count). The zero-order chi connectivity index (χ0) is 14.7. The van der Waals surface area contributed by atoms with E-state index in [1.54, 1.807) is 12.1 Å². The molecular weight excluding hydrogens is 264 g/mol. The van der Waals surface area contributed by atoms with Crippen LogP contribution in [-0.4, -0.2) is 17.6 Å². The predicted molar refractivity (Wildman–Crippen MR) is 82.5 cm³/mol. The van der Waals surface area contributed by atoms with E-state index in [9.17, 15) is 9.90 Å². The number of carboxylic acid groups (broad SMARTS) is 1. The molecule has 1 heterocycles. The van der Waals surface area contributed by atoms with E-state index >= 15 is 0 Å². The highest BCUT2D eigenvalue weighted by atomic mass is 16.4. The summed E-state index contributed by atoms with van der Waals surface area (Å²) in [6.45, 7) is 1.76. The van der Waals surface area contributed by atoms with Crippen molar-refractivity contribution < 1.29 is 9.90 Å². The van der Waals surface area contributed by atoms with Crippen LogP contribution in [0.2, 0.25) is 0 Å². The normalized spacial score (nSPS) is 17.6. The first-order valence-electron chi connectivity index (χ1n) is 7.13. The van der Waals surface area contributed by atoms with Crippen molar-refractivity contribution in [1.29, 1.82) is 0 Å². The van der Waals surface area contributed by atoms with E-state index < -0.39 is 5.97 Å². The first-order valence-corrected chi connectivity index (χ1v) is 7.13. The third kappa shape index (κ3) is 2.90. The van der Waals surface area contributed by atoms with E-state index in [1.807, 2.05) is 24.3 Å². The lowest BCUT2D eigenvalue weighted by Gasteiger charge is -2.21. The molecule has 4 nitrogen and oxygen atoms in total. The maximum atomic E-state index is 11.3. The molecule has 0 saturated carbocycles. The van der Waals surface area contributed by atoms with E-state index in [0.29, 0.717) is 11.3 Å². The Kier molecular flexibility index (Phi) is 3.88. The van der Waals surface area contributed by atoms with E-state index in [-0.39, 0.29) is 6.04 Å². The van der Waals surface area contributed by atoms with Gasteiger partial charge in [-0.3, -0.25) is 0 Å². The summed E-state index contributed by atoms with van der Waals surface area (Å²) in [5, 5.41) is 16.1. The molecule has 108 valence electrons. The van der Waals surface area contributed by atoms with Crippen LogP contribution in [0.4, 0.5) is 5.69 Å². The van der Waals surface area contributed by atoms with Crippen molar-refractivity contribution in [2.75, 3.05) is 11.9 Å². The van der Waals surface area contributed by atoms with Gasteiger partial charge in [-0.15, -0.1) is 0 Å². The molecule has 1 aliphatic heterocycles. The van der Waals surface area contributed by atoms with Gasteiger partial charge >= 0.3 is 5.97 Å². The van der Waals surface area contributed by atoms with Gasteiger partial charge < -0.3 is 15.7 Å². The Morgan fingerprint density at radius 3 is 2.76 bits per heavy atom. The second-order valence-electron chi connectivity index (χ2n) is 5.21. The van der Waals surface area contributed by atoms with Crippen molar-refractivity contribution >= 4 is 11.7 Å². The molecule has 21 heavy (non-hydrogen) atoms. The number of anilines is 1. The summed E-state index contributed by atoms with van der Waals surface area (Å²) in [6, 6.07) is 15.5. The van der Waals surface area contributed by atoms with Gasteiger partial charge in [-0.1, -0.05) is 36.4 Å². The van der Waals surface area contributed by atoms with Crippen LogP contribution in [0, 0.1) is 0 Å². The molecule has 0 saturated heterocycles. The molecule has 0 radical (unpaired) electrons. The zero-order valence-electron chi connectivity index (χ0n) is 11.7. The van der Waals surface area contributed by atoms with Crippen LogP contribution in [-0.2, 0) is 6.54 Å². The molecule has 4 heteroatoms. The number of carbonyl (C=O) groups is 1. The van der Waals surface area contributed by atoms with Crippen molar-refractivity contribution in [1.82, 2.24) is 5.32 Å². The molecule has 1 atom stereocenters. The molecule has 2 aromatic carbocycles. The second-order valence-corrected chi connectivity index (χ2v) is 5.21. The number of hydrogen-bond acceptors (Lipinski definition) is 3. The van der Waals surface area contributed by atoms with E-state index in [1.165, 1.54) is 11.1 Å². The Labute approximate surface area is 123 Å². The second kappa shape index (κ2) is 5.97. The van der Waals surface area contributed by atoms with Gasteiger partial charge in [0.15, 0.2) is 0 Å². The average molecular weight is 282 g/mol. The molecule has 1 unspecified atom stereocenters. The number of rotatable bonds is 3. The molecule has 3 N–H and O–H groups in total. The van der Waals surface area contributed by atoms with Gasteiger partial charge in [0.1, 0.15) is 0 Å². The molecule has 0 bridgehead atoms. The third-order valence-corrected chi connectivity index (χ3v) is 3.84. The van der Waals surface area contributed by atoms with Gasteiger partial charge in [-0.2, -0.15) is 0 Å². The number of benzene rings is 2. The Balaban J connectivity index is 1.93. The zero-order valence-corrected chi connectivity index (χ0v) is 11.7. The minimum Gasteiger partial charge on any atom is -0.478 e. The summed E-state index contributed by atoms with van der Waals surface area (Å²) in [5.74, 6) is -0.905. The molecule has 0 fully saturated rings. The summed E-state index contributed by atoms with van der Waals surface area (Å²) in [6.07, 6.45) is 0.922.